The summed E-state index contributed by atoms with van der Waals surface area (Å²) < 4.78 is 0. The van der Waals surface area contributed by atoms with Crippen LogP contribution in [0.4, 0.5) is 0 Å². The monoisotopic (exact) mass is 253 g/mol. The molecule has 17 heavy (non-hydrogen) atoms. The molecule has 0 aromatic heterocycles. The van der Waals surface area contributed by atoms with E-state index in [4.69, 9.17) is 11.6 Å². The molecule has 94 valence electrons. The summed E-state index contributed by atoms with van der Waals surface area (Å²) in [4.78, 5) is 2.42. The first kappa shape index (κ1) is 12.9. The maximum absolute atomic E-state index is 10.1. The molecule has 0 aliphatic carbocycles. The third kappa shape index (κ3) is 3.44. The van der Waals surface area contributed by atoms with Crippen molar-refractivity contribution in [3.8, 4) is 0 Å². The molecule has 0 spiro atoms. The van der Waals surface area contributed by atoms with Crippen molar-refractivity contribution in [2.75, 3.05) is 19.6 Å². The van der Waals surface area contributed by atoms with Gasteiger partial charge in [-0.2, -0.15) is 0 Å². The Kier molecular flexibility index (Phi) is 4.43. The number of halogens is 1. The smallest absolute Gasteiger partial charge is 0.0816 e. The summed E-state index contributed by atoms with van der Waals surface area (Å²) in [6.07, 6.45) is 1.60. The third-order valence-electron chi connectivity index (χ3n) is 3.49. The number of aliphatic hydroxyl groups is 1. The maximum Gasteiger partial charge on any atom is 0.0816 e. The van der Waals surface area contributed by atoms with Crippen molar-refractivity contribution >= 4 is 11.6 Å². The Hall–Kier alpha value is -0.570. The summed E-state index contributed by atoms with van der Waals surface area (Å²) in [5.74, 6) is 0.799. The molecule has 1 aromatic carbocycles. The molecule has 2 atom stereocenters. The molecule has 1 aromatic rings. The van der Waals surface area contributed by atoms with Crippen molar-refractivity contribution in [3.05, 3.63) is 34.9 Å². The van der Waals surface area contributed by atoms with Crippen LogP contribution in [0.5, 0.6) is 0 Å². The maximum atomic E-state index is 10.1. The number of rotatable bonds is 4. The number of nitrogens with zero attached hydrogens (tertiary/aromatic N) is 1. The highest BCUT2D eigenvalue weighted by Crippen LogP contribution is 2.25. The molecule has 0 saturated carbocycles. The summed E-state index contributed by atoms with van der Waals surface area (Å²) in [5.41, 5.74) is 0.849. The second kappa shape index (κ2) is 5.85. The summed E-state index contributed by atoms with van der Waals surface area (Å²) in [6.45, 7) is 5.56. The lowest BCUT2D eigenvalue weighted by Crippen LogP contribution is -2.23. The first-order valence-corrected chi connectivity index (χ1v) is 6.69. The Bertz CT molecular complexity index is 369. The molecule has 2 rings (SSSR count). The quantitative estimate of drug-likeness (QED) is 0.891. The largest absolute Gasteiger partial charge is 0.388 e. The fraction of sp³-hybridized carbons (Fsp3) is 0.571. The van der Waals surface area contributed by atoms with Gasteiger partial charge in [0.2, 0.25) is 0 Å². The van der Waals surface area contributed by atoms with Crippen LogP contribution in [-0.4, -0.2) is 29.6 Å². The molecule has 1 fully saturated rings. The van der Waals surface area contributed by atoms with Gasteiger partial charge in [-0.05, 0) is 36.9 Å². The Morgan fingerprint density at radius 1 is 1.47 bits per heavy atom. The van der Waals surface area contributed by atoms with Gasteiger partial charge in [0.25, 0.3) is 0 Å². The van der Waals surface area contributed by atoms with Crippen LogP contribution in [0.25, 0.3) is 0 Å². The minimum Gasteiger partial charge on any atom is -0.388 e. The zero-order valence-corrected chi connectivity index (χ0v) is 11.0. The summed E-state index contributed by atoms with van der Waals surface area (Å²) in [6, 6.07) is 7.54. The van der Waals surface area contributed by atoms with Gasteiger partial charge in [0, 0.05) is 18.1 Å². The van der Waals surface area contributed by atoms with Crippen molar-refractivity contribution in [3.63, 3.8) is 0 Å². The molecule has 0 bridgehead atoms. The van der Waals surface area contributed by atoms with Crippen LogP contribution in [0, 0.1) is 5.92 Å². The van der Waals surface area contributed by atoms with E-state index in [-0.39, 0.29) is 0 Å². The zero-order valence-electron chi connectivity index (χ0n) is 10.3. The number of benzene rings is 1. The van der Waals surface area contributed by atoms with Crippen LogP contribution < -0.4 is 0 Å². The van der Waals surface area contributed by atoms with Crippen LogP contribution in [0.15, 0.2) is 24.3 Å². The van der Waals surface area contributed by atoms with Crippen molar-refractivity contribution in [2.24, 2.45) is 5.92 Å². The van der Waals surface area contributed by atoms with E-state index in [0.29, 0.717) is 5.02 Å². The molecule has 1 N–H and O–H groups in total. The first-order chi connectivity index (χ1) is 8.16. The fourth-order valence-corrected chi connectivity index (χ4v) is 2.70. The van der Waals surface area contributed by atoms with Gasteiger partial charge in [-0.3, -0.25) is 0 Å². The Morgan fingerprint density at radius 3 is 2.88 bits per heavy atom. The molecule has 0 radical (unpaired) electrons. The van der Waals surface area contributed by atoms with Gasteiger partial charge >= 0.3 is 0 Å². The van der Waals surface area contributed by atoms with Crippen molar-refractivity contribution in [2.45, 2.75) is 25.9 Å². The van der Waals surface area contributed by atoms with Crippen LogP contribution in [-0.2, 0) is 0 Å². The highest BCUT2D eigenvalue weighted by molar-refractivity contribution is 6.31. The van der Waals surface area contributed by atoms with Crippen molar-refractivity contribution in [1.29, 1.82) is 0 Å². The summed E-state index contributed by atoms with van der Waals surface area (Å²) in [5, 5.41) is 10.8. The van der Waals surface area contributed by atoms with Crippen LogP contribution in [0.2, 0.25) is 5.02 Å². The van der Waals surface area contributed by atoms with E-state index >= 15 is 0 Å². The molecule has 1 saturated heterocycles. The number of likely N-dealkylation sites (tertiary alicyclic amines) is 1. The molecule has 0 amide bonds. The van der Waals surface area contributed by atoms with E-state index in [0.717, 1.165) is 37.5 Å². The van der Waals surface area contributed by atoms with Gasteiger partial charge in [-0.25, -0.2) is 0 Å². The van der Waals surface area contributed by atoms with Crippen LogP contribution in [0.3, 0.4) is 0 Å². The minimum atomic E-state index is -0.445. The Labute approximate surface area is 108 Å². The lowest BCUT2D eigenvalue weighted by Gasteiger charge is -2.18. The minimum absolute atomic E-state index is 0.445. The van der Waals surface area contributed by atoms with Gasteiger partial charge in [-0.15, -0.1) is 0 Å². The molecule has 2 unspecified atom stereocenters. The average Bonchev–Trinajstić information content (AvgIpc) is 2.73. The topological polar surface area (TPSA) is 23.5 Å². The second-order valence-corrected chi connectivity index (χ2v) is 5.43. The number of aliphatic hydroxyl groups excluding tert-OH is 1. The molecular weight excluding hydrogens is 234 g/mol. The van der Waals surface area contributed by atoms with E-state index < -0.39 is 6.10 Å². The highest BCUT2D eigenvalue weighted by atomic mass is 35.5. The zero-order chi connectivity index (χ0) is 12.3. The highest BCUT2D eigenvalue weighted by Gasteiger charge is 2.19. The van der Waals surface area contributed by atoms with Gasteiger partial charge < -0.3 is 10.0 Å². The van der Waals surface area contributed by atoms with Crippen LogP contribution >= 0.6 is 11.6 Å². The first-order valence-electron chi connectivity index (χ1n) is 6.31. The number of hydrogen-bond acceptors (Lipinski definition) is 2. The Morgan fingerprint density at radius 2 is 2.24 bits per heavy atom. The molecule has 3 heteroatoms. The van der Waals surface area contributed by atoms with E-state index in [1.165, 1.54) is 6.42 Å². The molecular formula is C14H20ClNO. The van der Waals surface area contributed by atoms with E-state index in [1.54, 1.807) is 0 Å². The molecule has 2 nitrogen and oxygen atoms in total. The fourth-order valence-electron chi connectivity index (χ4n) is 2.44. The third-order valence-corrected chi connectivity index (χ3v) is 3.84. The van der Waals surface area contributed by atoms with E-state index in [9.17, 15) is 5.11 Å². The Balaban J connectivity index is 1.85. The summed E-state index contributed by atoms with van der Waals surface area (Å²) >= 11 is 6.06. The van der Waals surface area contributed by atoms with Gasteiger partial charge in [-0.1, -0.05) is 36.7 Å². The molecule has 1 aliphatic heterocycles. The van der Waals surface area contributed by atoms with Crippen molar-refractivity contribution < 1.29 is 5.11 Å². The van der Waals surface area contributed by atoms with Crippen LogP contribution in [0.1, 0.15) is 31.4 Å². The summed E-state index contributed by atoms with van der Waals surface area (Å²) in [7, 11) is 0. The van der Waals surface area contributed by atoms with Gasteiger partial charge in [0.1, 0.15) is 0 Å². The van der Waals surface area contributed by atoms with Gasteiger partial charge in [0.05, 0.1) is 6.10 Å². The predicted octanol–water partition coefficient (Wildman–Crippen LogP) is 3.11. The van der Waals surface area contributed by atoms with Gasteiger partial charge in [0.15, 0.2) is 0 Å². The van der Waals surface area contributed by atoms with Crippen molar-refractivity contribution in [1.82, 2.24) is 4.90 Å². The average molecular weight is 254 g/mol. The second-order valence-electron chi connectivity index (χ2n) is 5.02. The molecule has 1 heterocycles. The predicted molar refractivity (Wildman–Crippen MR) is 71.2 cm³/mol. The number of hydrogen-bond donors (Lipinski definition) is 1. The lowest BCUT2D eigenvalue weighted by molar-refractivity contribution is 0.148. The van der Waals surface area contributed by atoms with E-state index in [2.05, 4.69) is 11.8 Å². The van der Waals surface area contributed by atoms with E-state index in [1.807, 2.05) is 24.3 Å². The molecule has 1 aliphatic rings. The normalized spacial score (nSPS) is 22.9. The SMILES string of the molecule is CC1CCN(CCC(O)c2ccccc2Cl)C1. The standard InChI is InChI=1S/C14H20ClNO/c1-11-6-8-16(10-11)9-7-14(17)12-4-2-3-5-13(12)15/h2-5,11,14,17H,6-10H2,1H3. The lowest BCUT2D eigenvalue weighted by atomic mass is 10.1.